The van der Waals surface area contributed by atoms with Crippen LogP contribution in [0.15, 0.2) is 10.6 Å². The second-order valence-electron chi connectivity index (χ2n) is 6.36. The van der Waals surface area contributed by atoms with Crippen molar-refractivity contribution in [2.24, 2.45) is 0 Å². The van der Waals surface area contributed by atoms with E-state index in [1.165, 1.54) is 33.8 Å². The van der Waals surface area contributed by atoms with Gasteiger partial charge in [0.1, 0.15) is 16.0 Å². The molecule has 1 atom stereocenters. The molecule has 1 heterocycles. The quantitative estimate of drug-likeness (QED) is 0.822. The lowest BCUT2D eigenvalue weighted by molar-refractivity contribution is -0.118. The number of carbonyl (C=O) groups excluding carboxylic acids is 1. The number of rotatable bonds is 6. The molecule has 1 rings (SSSR count). The van der Waals surface area contributed by atoms with Crippen molar-refractivity contribution in [2.45, 2.75) is 63.6 Å². The minimum Gasteiger partial charge on any atom is -0.384 e. The van der Waals surface area contributed by atoms with Gasteiger partial charge in [-0.3, -0.25) is 10.1 Å². The van der Waals surface area contributed by atoms with Crippen LogP contribution in [-0.2, 0) is 20.2 Å². The molecule has 8 heteroatoms. The van der Waals surface area contributed by atoms with E-state index in [2.05, 4.69) is 10.5 Å². The molecule has 0 unspecified atom stereocenters. The SMILES string of the molecule is CC[C@H](C)S(=O)(=O)C(C)(C)C(=O)Nc1cc(C(C)(C)O)no1. The molecule has 0 fully saturated rings. The van der Waals surface area contributed by atoms with E-state index in [1.807, 2.05) is 0 Å². The predicted octanol–water partition coefficient (Wildman–Crippen LogP) is 1.83. The minimum absolute atomic E-state index is 0.00504. The first-order valence-corrected chi connectivity index (χ1v) is 8.63. The van der Waals surface area contributed by atoms with Crippen LogP contribution in [0.25, 0.3) is 0 Å². The maximum Gasteiger partial charge on any atom is 0.247 e. The van der Waals surface area contributed by atoms with Crippen molar-refractivity contribution in [3.63, 3.8) is 0 Å². The number of hydrogen-bond donors (Lipinski definition) is 2. The van der Waals surface area contributed by atoms with Crippen molar-refractivity contribution < 1.29 is 22.8 Å². The summed E-state index contributed by atoms with van der Waals surface area (Å²) in [5.74, 6) is -0.708. The summed E-state index contributed by atoms with van der Waals surface area (Å²) in [7, 11) is -3.65. The van der Waals surface area contributed by atoms with Gasteiger partial charge in [-0.25, -0.2) is 8.42 Å². The molecule has 0 saturated carbocycles. The Morgan fingerprint density at radius 3 is 2.36 bits per heavy atom. The van der Waals surface area contributed by atoms with E-state index in [0.717, 1.165) is 0 Å². The van der Waals surface area contributed by atoms with E-state index in [-0.39, 0.29) is 11.6 Å². The zero-order valence-electron chi connectivity index (χ0n) is 13.8. The van der Waals surface area contributed by atoms with Crippen LogP contribution in [0.5, 0.6) is 0 Å². The van der Waals surface area contributed by atoms with Crippen LogP contribution in [-0.4, -0.2) is 34.6 Å². The van der Waals surface area contributed by atoms with Crippen molar-refractivity contribution >= 4 is 21.6 Å². The summed E-state index contributed by atoms with van der Waals surface area (Å²) in [6.07, 6.45) is 0.421. The summed E-state index contributed by atoms with van der Waals surface area (Å²) >= 11 is 0. The van der Waals surface area contributed by atoms with Crippen LogP contribution in [0.4, 0.5) is 5.88 Å². The molecule has 1 amide bonds. The molecule has 1 aromatic rings. The predicted molar refractivity (Wildman–Crippen MR) is 83.1 cm³/mol. The molecule has 0 aliphatic rings. The first kappa shape index (κ1) is 18.6. The summed E-state index contributed by atoms with van der Waals surface area (Å²) in [6.45, 7) is 9.09. The number of nitrogens with zero attached hydrogens (tertiary/aromatic N) is 1. The average Bonchev–Trinajstić information content (AvgIpc) is 2.85. The average molecular weight is 332 g/mol. The molecular weight excluding hydrogens is 308 g/mol. The van der Waals surface area contributed by atoms with Crippen LogP contribution in [0.3, 0.4) is 0 Å². The second-order valence-corrected chi connectivity index (χ2v) is 9.28. The lowest BCUT2D eigenvalue weighted by Gasteiger charge is -2.26. The summed E-state index contributed by atoms with van der Waals surface area (Å²) in [4.78, 5) is 12.3. The van der Waals surface area contributed by atoms with E-state index < -0.39 is 31.3 Å². The number of aromatic nitrogens is 1. The summed E-state index contributed by atoms with van der Waals surface area (Å²) in [5.41, 5.74) is -0.976. The highest BCUT2D eigenvalue weighted by Crippen LogP contribution is 2.26. The first-order valence-electron chi connectivity index (χ1n) is 7.08. The van der Waals surface area contributed by atoms with E-state index in [0.29, 0.717) is 6.42 Å². The van der Waals surface area contributed by atoms with Gasteiger partial charge >= 0.3 is 0 Å². The number of carbonyl (C=O) groups is 1. The third kappa shape index (κ3) is 3.49. The molecule has 0 spiro atoms. The zero-order chi connectivity index (χ0) is 17.3. The Morgan fingerprint density at radius 2 is 1.95 bits per heavy atom. The smallest absolute Gasteiger partial charge is 0.247 e. The standard InChI is InChI=1S/C14H24N2O5S/c1-7-9(2)22(19,20)14(5,6)12(17)15-11-8-10(16-21-11)13(3,4)18/h8-9,18H,7H2,1-6H3,(H,15,17)/t9-/m0/s1. The van der Waals surface area contributed by atoms with Gasteiger partial charge in [0, 0.05) is 6.07 Å². The lowest BCUT2D eigenvalue weighted by Crippen LogP contribution is -2.48. The van der Waals surface area contributed by atoms with Crippen molar-refractivity contribution in [1.29, 1.82) is 0 Å². The zero-order valence-corrected chi connectivity index (χ0v) is 14.6. The van der Waals surface area contributed by atoms with E-state index >= 15 is 0 Å². The molecule has 0 aromatic carbocycles. The number of amides is 1. The van der Waals surface area contributed by atoms with Crippen LogP contribution < -0.4 is 5.32 Å². The van der Waals surface area contributed by atoms with Gasteiger partial charge in [0.2, 0.25) is 11.8 Å². The molecule has 126 valence electrons. The summed E-state index contributed by atoms with van der Waals surface area (Å²) in [5, 5.41) is 15.2. The fraction of sp³-hybridized carbons (Fsp3) is 0.714. The van der Waals surface area contributed by atoms with E-state index in [1.54, 1.807) is 13.8 Å². The lowest BCUT2D eigenvalue weighted by atomic mass is 10.1. The normalized spacial score (nSPS) is 14.7. The first-order chi connectivity index (χ1) is 9.84. The van der Waals surface area contributed by atoms with Crippen LogP contribution >= 0.6 is 0 Å². The highest BCUT2D eigenvalue weighted by atomic mass is 32.2. The Labute approximate surface area is 131 Å². The van der Waals surface area contributed by atoms with Crippen molar-refractivity contribution in [3.8, 4) is 0 Å². The molecule has 2 N–H and O–H groups in total. The Bertz CT molecular complexity index is 640. The van der Waals surface area contributed by atoms with Crippen molar-refractivity contribution in [1.82, 2.24) is 5.16 Å². The van der Waals surface area contributed by atoms with E-state index in [4.69, 9.17) is 4.52 Å². The molecule has 0 radical (unpaired) electrons. The Morgan fingerprint density at radius 1 is 1.41 bits per heavy atom. The van der Waals surface area contributed by atoms with E-state index in [9.17, 15) is 18.3 Å². The molecular formula is C14H24N2O5S. The molecule has 1 aromatic heterocycles. The third-order valence-electron chi connectivity index (χ3n) is 3.74. The molecule has 0 aliphatic heterocycles. The van der Waals surface area contributed by atoms with Gasteiger partial charge in [0.15, 0.2) is 9.84 Å². The van der Waals surface area contributed by atoms with Crippen LogP contribution in [0, 0.1) is 0 Å². The number of hydrogen-bond acceptors (Lipinski definition) is 6. The van der Waals surface area contributed by atoms with Crippen molar-refractivity contribution in [2.75, 3.05) is 5.32 Å². The molecule has 0 bridgehead atoms. The molecule has 7 nitrogen and oxygen atoms in total. The van der Waals surface area contributed by atoms with Gasteiger partial charge in [-0.2, -0.15) is 0 Å². The number of sulfone groups is 1. The van der Waals surface area contributed by atoms with Gasteiger partial charge in [-0.1, -0.05) is 12.1 Å². The summed E-state index contributed by atoms with van der Waals surface area (Å²) < 4.78 is 28.2. The van der Waals surface area contributed by atoms with Crippen molar-refractivity contribution in [3.05, 3.63) is 11.8 Å². The third-order valence-corrected chi connectivity index (χ3v) is 6.74. The van der Waals surface area contributed by atoms with Gasteiger partial charge in [0.25, 0.3) is 0 Å². The van der Waals surface area contributed by atoms with Gasteiger partial charge in [-0.15, -0.1) is 0 Å². The maximum absolute atomic E-state index is 12.4. The second kappa shape index (κ2) is 6.00. The number of anilines is 1. The fourth-order valence-electron chi connectivity index (χ4n) is 1.74. The largest absolute Gasteiger partial charge is 0.384 e. The number of aliphatic hydroxyl groups is 1. The topological polar surface area (TPSA) is 110 Å². The Balaban J connectivity index is 3.00. The maximum atomic E-state index is 12.4. The van der Waals surface area contributed by atoms with Gasteiger partial charge < -0.3 is 9.63 Å². The monoisotopic (exact) mass is 332 g/mol. The number of nitrogens with one attached hydrogen (secondary N) is 1. The Hall–Kier alpha value is -1.41. The van der Waals surface area contributed by atoms with Crippen LogP contribution in [0.1, 0.15) is 53.7 Å². The molecule has 0 saturated heterocycles. The Kier molecular flexibility index (Phi) is 5.08. The van der Waals surface area contributed by atoms with Crippen LogP contribution in [0.2, 0.25) is 0 Å². The highest BCUT2D eigenvalue weighted by molar-refractivity contribution is 7.94. The highest BCUT2D eigenvalue weighted by Gasteiger charge is 2.44. The van der Waals surface area contributed by atoms with Gasteiger partial charge in [-0.05, 0) is 41.0 Å². The summed E-state index contributed by atoms with van der Waals surface area (Å²) in [6, 6.07) is 1.36. The molecule has 0 aliphatic carbocycles. The van der Waals surface area contributed by atoms with Gasteiger partial charge in [0.05, 0.1) is 5.25 Å². The minimum atomic E-state index is -3.65. The molecule has 22 heavy (non-hydrogen) atoms. The fourth-order valence-corrected chi connectivity index (χ4v) is 3.49.